The van der Waals surface area contributed by atoms with Crippen molar-refractivity contribution in [2.75, 3.05) is 0 Å². The summed E-state index contributed by atoms with van der Waals surface area (Å²) in [4.78, 5) is 0. The molecule has 12 heavy (non-hydrogen) atoms. The largest absolute Gasteiger partial charge is 0.327 e. The van der Waals surface area contributed by atoms with Gasteiger partial charge in [0.1, 0.15) is 0 Å². The summed E-state index contributed by atoms with van der Waals surface area (Å²) in [6.07, 6.45) is 1.13. The highest BCUT2D eigenvalue weighted by molar-refractivity contribution is 5.34. The van der Waals surface area contributed by atoms with Gasteiger partial charge in [0, 0.05) is 30.3 Å². The first kappa shape index (κ1) is 7.80. The van der Waals surface area contributed by atoms with Gasteiger partial charge in [-0.3, -0.25) is 4.68 Å². The predicted octanol–water partition coefficient (Wildman–Crippen LogP) is 0.852. The Hall–Kier alpha value is -0.830. The van der Waals surface area contributed by atoms with E-state index >= 15 is 0 Å². The fourth-order valence-electron chi connectivity index (χ4n) is 1.87. The maximum atomic E-state index is 5.81. The van der Waals surface area contributed by atoms with Crippen molar-refractivity contribution in [1.82, 2.24) is 9.78 Å². The molecule has 1 aromatic heterocycles. The second-order valence-corrected chi connectivity index (χ2v) is 3.71. The molecule has 2 rings (SSSR count). The Labute approximate surface area is 72.6 Å². The van der Waals surface area contributed by atoms with Crippen molar-refractivity contribution < 1.29 is 0 Å². The van der Waals surface area contributed by atoms with Gasteiger partial charge in [-0.1, -0.05) is 0 Å². The highest BCUT2D eigenvalue weighted by Gasteiger charge is 2.38. The van der Waals surface area contributed by atoms with Crippen molar-refractivity contribution in [2.45, 2.75) is 32.2 Å². The molecular formula is C9H15N3. The third-order valence-corrected chi connectivity index (χ3v) is 2.78. The molecule has 0 bridgehead atoms. The van der Waals surface area contributed by atoms with Crippen molar-refractivity contribution in [3.05, 3.63) is 17.0 Å². The molecule has 1 aromatic rings. The lowest BCUT2D eigenvalue weighted by molar-refractivity contribution is 0.730. The lowest BCUT2D eigenvalue weighted by Gasteiger charge is -1.98. The number of rotatable bonds is 1. The zero-order valence-electron chi connectivity index (χ0n) is 7.83. The third kappa shape index (κ3) is 0.966. The summed E-state index contributed by atoms with van der Waals surface area (Å²) in [5.41, 5.74) is 9.60. The summed E-state index contributed by atoms with van der Waals surface area (Å²) in [5.74, 6) is 0.582. The van der Waals surface area contributed by atoms with Gasteiger partial charge in [0.05, 0.1) is 5.69 Å². The molecule has 3 heteroatoms. The van der Waals surface area contributed by atoms with E-state index in [1.807, 2.05) is 11.7 Å². The molecule has 66 valence electrons. The number of nitrogens with two attached hydrogens (primary N) is 1. The first-order valence-corrected chi connectivity index (χ1v) is 4.37. The zero-order chi connectivity index (χ0) is 8.88. The van der Waals surface area contributed by atoms with E-state index in [4.69, 9.17) is 5.73 Å². The van der Waals surface area contributed by atoms with Crippen LogP contribution in [0.25, 0.3) is 0 Å². The number of hydrogen-bond donors (Lipinski definition) is 1. The second-order valence-electron chi connectivity index (χ2n) is 3.71. The molecule has 1 fully saturated rings. The number of nitrogens with zero attached hydrogens (tertiary/aromatic N) is 2. The quantitative estimate of drug-likeness (QED) is 0.670. The van der Waals surface area contributed by atoms with E-state index in [0.29, 0.717) is 12.0 Å². The minimum absolute atomic E-state index is 0.381. The first-order chi connectivity index (χ1) is 5.61. The molecule has 2 atom stereocenters. The topological polar surface area (TPSA) is 43.8 Å². The van der Waals surface area contributed by atoms with Crippen LogP contribution in [0.2, 0.25) is 0 Å². The van der Waals surface area contributed by atoms with Crippen molar-refractivity contribution >= 4 is 0 Å². The molecule has 1 saturated carbocycles. The molecular weight excluding hydrogens is 150 g/mol. The fourth-order valence-corrected chi connectivity index (χ4v) is 1.87. The maximum absolute atomic E-state index is 5.81. The molecule has 1 heterocycles. The van der Waals surface area contributed by atoms with Gasteiger partial charge in [0.15, 0.2) is 0 Å². The van der Waals surface area contributed by atoms with Crippen LogP contribution in [0.15, 0.2) is 0 Å². The predicted molar refractivity (Wildman–Crippen MR) is 48.0 cm³/mol. The van der Waals surface area contributed by atoms with Gasteiger partial charge in [-0.2, -0.15) is 5.10 Å². The van der Waals surface area contributed by atoms with Crippen molar-refractivity contribution in [3.63, 3.8) is 0 Å². The SMILES string of the molecule is Cc1nn(C)c(C)c1C1CC1N. The van der Waals surface area contributed by atoms with Gasteiger partial charge >= 0.3 is 0 Å². The summed E-state index contributed by atoms with van der Waals surface area (Å²) >= 11 is 0. The molecule has 0 radical (unpaired) electrons. The van der Waals surface area contributed by atoms with Gasteiger partial charge in [0.25, 0.3) is 0 Å². The number of aryl methyl sites for hydroxylation is 2. The van der Waals surface area contributed by atoms with Crippen molar-refractivity contribution in [1.29, 1.82) is 0 Å². The first-order valence-electron chi connectivity index (χ1n) is 4.37. The van der Waals surface area contributed by atoms with Crippen LogP contribution in [-0.4, -0.2) is 15.8 Å². The van der Waals surface area contributed by atoms with Crippen molar-refractivity contribution in [2.24, 2.45) is 12.8 Å². The lowest BCUT2D eigenvalue weighted by Crippen LogP contribution is -2.02. The molecule has 1 aliphatic carbocycles. The van der Waals surface area contributed by atoms with Crippen LogP contribution < -0.4 is 5.73 Å². The maximum Gasteiger partial charge on any atom is 0.0631 e. The van der Waals surface area contributed by atoms with Gasteiger partial charge in [-0.15, -0.1) is 0 Å². The molecule has 2 N–H and O–H groups in total. The van der Waals surface area contributed by atoms with Gasteiger partial charge in [-0.05, 0) is 20.3 Å². The van der Waals surface area contributed by atoms with E-state index < -0.39 is 0 Å². The van der Waals surface area contributed by atoms with E-state index in [0.717, 1.165) is 12.1 Å². The number of aromatic nitrogens is 2. The summed E-state index contributed by atoms with van der Waals surface area (Å²) in [6, 6.07) is 0.381. The van der Waals surface area contributed by atoms with Crippen LogP contribution in [-0.2, 0) is 7.05 Å². The van der Waals surface area contributed by atoms with Gasteiger partial charge in [0.2, 0.25) is 0 Å². The highest BCUT2D eigenvalue weighted by atomic mass is 15.3. The second kappa shape index (κ2) is 2.33. The molecule has 0 aromatic carbocycles. The molecule has 0 saturated heterocycles. The number of hydrogen-bond acceptors (Lipinski definition) is 2. The smallest absolute Gasteiger partial charge is 0.0631 e. The Kier molecular flexibility index (Phi) is 1.51. The Balaban J connectivity index is 2.42. The fraction of sp³-hybridized carbons (Fsp3) is 0.667. The Morgan fingerprint density at radius 1 is 1.50 bits per heavy atom. The summed E-state index contributed by atoms with van der Waals surface area (Å²) < 4.78 is 1.94. The normalized spacial score (nSPS) is 27.7. The summed E-state index contributed by atoms with van der Waals surface area (Å²) in [6.45, 7) is 4.17. The zero-order valence-corrected chi connectivity index (χ0v) is 7.83. The van der Waals surface area contributed by atoms with Crippen molar-refractivity contribution in [3.8, 4) is 0 Å². The van der Waals surface area contributed by atoms with Crippen LogP contribution in [0.1, 0.15) is 29.3 Å². The summed E-state index contributed by atoms with van der Waals surface area (Å²) in [5, 5.41) is 4.37. The molecule has 0 aliphatic heterocycles. The summed E-state index contributed by atoms with van der Waals surface area (Å²) in [7, 11) is 1.99. The lowest BCUT2D eigenvalue weighted by atomic mass is 10.1. The van der Waals surface area contributed by atoms with E-state index in [-0.39, 0.29) is 0 Å². The Morgan fingerprint density at radius 2 is 2.08 bits per heavy atom. The third-order valence-electron chi connectivity index (χ3n) is 2.78. The van der Waals surface area contributed by atoms with E-state index in [1.54, 1.807) is 0 Å². The molecule has 0 amide bonds. The van der Waals surface area contributed by atoms with Crippen LogP contribution in [0.4, 0.5) is 0 Å². The highest BCUT2D eigenvalue weighted by Crippen LogP contribution is 2.41. The van der Waals surface area contributed by atoms with Crippen LogP contribution in [0.3, 0.4) is 0 Å². The van der Waals surface area contributed by atoms with Crippen LogP contribution in [0.5, 0.6) is 0 Å². The minimum atomic E-state index is 0.381. The molecule has 2 unspecified atom stereocenters. The average molecular weight is 165 g/mol. The van der Waals surface area contributed by atoms with E-state index in [2.05, 4.69) is 18.9 Å². The van der Waals surface area contributed by atoms with Gasteiger partial charge in [-0.25, -0.2) is 0 Å². The minimum Gasteiger partial charge on any atom is -0.327 e. The Bertz CT molecular complexity index is 314. The Morgan fingerprint density at radius 3 is 2.42 bits per heavy atom. The monoisotopic (exact) mass is 165 g/mol. The standard InChI is InChI=1S/C9H15N3/c1-5-9(7-4-8(7)10)6(2)12(3)11-5/h7-8H,4,10H2,1-3H3. The molecule has 3 nitrogen and oxygen atoms in total. The molecule has 0 spiro atoms. The molecule has 1 aliphatic rings. The van der Waals surface area contributed by atoms with E-state index in [1.165, 1.54) is 11.3 Å². The van der Waals surface area contributed by atoms with Gasteiger partial charge < -0.3 is 5.73 Å². The van der Waals surface area contributed by atoms with Crippen LogP contribution in [0, 0.1) is 13.8 Å². The average Bonchev–Trinajstić information content (AvgIpc) is 2.61. The van der Waals surface area contributed by atoms with E-state index in [9.17, 15) is 0 Å². The van der Waals surface area contributed by atoms with Crippen LogP contribution >= 0.6 is 0 Å².